The van der Waals surface area contributed by atoms with Crippen LogP contribution in [0.3, 0.4) is 0 Å². The van der Waals surface area contributed by atoms with Crippen molar-refractivity contribution in [3.8, 4) is 11.4 Å². The van der Waals surface area contributed by atoms with E-state index in [1.807, 2.05) is 6.07 Å². The van der Waals surface area contributed by atoms with E-state index in [0.717, 1.165) is 23.9 Å². The molecule has 0 saturated carbocycles. The molecular weight excluding hydrogens is 475 g/mol. The van der Waals surface area contributed by atoms with Gasteiger partial charge >= 0.3 is 0 Å². The maximum absolute atomic E-state index is 13.4. The molecule has 9 nitrogen and oxygen atoms in total. The van der Waals surface area contributed by atoms with Crippen molar-refractivity contribution in [3.63, 3.8) is 0 Å². The van der Waals surface area contributed by atoms with Crippen LogP contribution in [0.15, 0.2) is 36.5 Å². The number of sulfone groups is 1. The summed E-state index contributed by atoms with van der Waals surface area (Å²) in [5.74, 6) is -0.0407. The van der Waals surface area contributed by atoms with E-state index in [-0.39, 0.29) is 23.3 Å². The number of halogens is 1. The van der Waals surface area contributed by atoms with Gasteiger partial charge < -0.3 is 14.8 Å². The molecule has 5 rings (SSSR count). The smallest absolute Gasteiger partial charge is 0.253 e. The standard InChI is InChI=1S/C24H27FN4O5S/c1-15(25)34-19-5-3-4-18(11-19)29-22-20(21(28-29)16-6-8-33-9-7-16)10-17(12-26-22)23(30)27-24(2)13-35(31,32)14-24/h3-5,10-12,15-16H,6-9,13-14H2,1-2H3,(H,27,30). The van der Waals surface area contributed by atoms with Gasteiger partial charge in [-0.3, -0.25) is 4.79 Å². The van der Waals surface area contributed by atoms with Gasteiger partial charge in [0.2, 0.25) is 6.36 Å². The maximum atomic E-state index is 13.4. The minimum Gasteiger partial charge on any atom is -0.461 e. The molecule has 0 bridgehead atoms. The molecule has 4 heterocycles. The first-order valence-electron chi connectivity index (χ1n) is 11.5. The quantitative estimate of drug-likeness (QED) is 0.552. The van der Waals surface area contributed by atoms with Crippen molar-refractivity contribution in [2.45, 2.75) is 44.5 Å². The van der Waals surface area contributed by atoms with Gasteiger partial charge in [0, 0.05) is 43.7 Å². The van der Waals surface area contributed by atoms with E-state index >= 15 is 0 Å². The van der Waals surface area contributed by atoms with Gasteiger partial charge in [0.1, 0.15) is 5.75 Å². The number of amides is 1. The number of alkyl halides is 1. The molecule has 1 unspecified atom stereocenters. The monoisotopic (exact) mass is 502 g/mol. The van der Waals surface area contributed by atoms with Gasteiger partial charge in [0.15, 0.2) is 15.5 Å². The van der Waals surface area contributed by atoms with Gasteiger partial charge in [-0.05, 0) is 38.0 Å². The first-order valence-corrected chi connectivity index (χ1v) is 13.4. The third-order valence-corrected chi connectivity index (χ3v) is 8.43. The number of rotatable bonds is 6. The molecule has 1 atom stereocenters. The van der Waals surface area contributed by atoms with E-state index in [0.29, 0.717) is 35.9 Å². The van der Waals surface area contributed by atoms with Crippen molar-refractivity contribution in [1.29, 1.82) is 0 Å². The van der Waals surface area contributed by atoms with Crippen LogP contribution in [0.5, 0.6) is 5.75 Å². The first kappa shape index (κ1) is 23.7. The molecule has 186 valence electrons. The lowest BCUT2D eigenvalue weighted by molar-refractivity contribution is 0.0846. The van der Waals surface area contributed by atoms with Crippen LogP contribution in [0.2, 0.25) is 0 Å². The number of hydrogen-bond acceptors (Lipinski definition) is 7. The molecule has 2 aliphatic heterocycles. The third-order valence-electron chi connectivity index (χ3n) is 6.27. The van der Waals surface area contributed by atoms with Crippen LogP contribution in [0.4, 0.5) is 4.39 Å². The first-order chi connectivity index (χ1) is 16.6. The number of nitrogens with one attached hydrogen (secondary N) is 1. The van der Waals surface area contributed by atoms with Gasteiger partial charge in [-0.1, -0.05) is 6.07 Å². The number of aromatic nitrogens is 3. The SMILES string of the molecule is CC(F)Oc1cccc(-n2nc(C3CCOCC3)c3cc(C(=O)NC4(C)CS(=O)(=O)C4)cnc32)c1. The molecular formula is C24H27FN4O5S. The summed E-state index contributed by atoms with van der Waals surface area (Å²) in [5, 5.41) is 8.44. The Labute approximate surface area is 202 Å². The van der Waals surface area contributed by atoms with E-state index in [2.05, 4.69) is 10.3 Å². The minimum atomic E-state index is -3.10. The highest BCUT2D eigenvalue weighted by molar-refractivity contribution is 7.93. The van der Waals surface area contributed by atoms with E-state index in [1.54, 1.807) is 35.9 Å². The Hall–Kier alpha value is -3.05. The summed E-state index contributed by atoms with van der Waals surface area (Å²) in [4.78, 5) is 17.5. The molecule has 3 aromatic rings. The number of benzene rings is 1. The Morgan fingerprint density at radius 2 is 2.03 bits per heavy atom. The summed E-state index contributed by atoms with van der Waals surface area (Å²) < 4.78 is 49.0. The van der Waals surface area contributed by atoms with E-state index in [9.17, 15) is 17.6 Å². The number of carbonyl (C=O) groups is 1. The zero-order valence-electron chi connectivity index (χ0n) is 19.5. The lowest BCUT2D eigenvalue weighted by atomic mass is 9.94. The Balaban J connectivity index is 1.54. The molecule has 0 radical (unpaired) electrons. The Morgan fingerprint density at radius 1 is 1.29 bits per heavy atom. The van der Waals surface area contributed by atoms with Crippen LogP contribution in [-0.2, 0) is 14.6 Å². The van der Waals surface area contributed by atoms with Crippen molar-refractivity contribution < 1.29 is 27.1 Å². The molecule has 2 fully saturated rings. The number of ether oxygens (including phenoxy) is 2. The molecule has 2 aromatic heterocycles. The highest BCUT2D eigenvalue weighted by Gasteiger charge is 2.45. The fraction of sp³-hybridized carbons (Fsp3) is 0.458. The van der Waals surface area contributed by atoms with Crippen LogP contribution < -0.4 is 10.1 Å². The summed E-state index contributed by atoms with van der Waals surface area (Å²) in [5.41, 5.74) is 1.58. The molecule has 1 N–H and O–H groups in total. The normalized spacial score (nSPS) is 20.2. The maximum Gasteiger partial charge on any atom is 0.253 e. The van der Waals surface area contributed by atoms with Crippen molar-refractivity contribution >= 4 is 26.8 Å². The Bertz CT molecular complexity index is 1370. The van der Waals surface area contributed by atoms with E-state index in [1.165, 1.54) is 13.1 Å². The van der Waals surface area contributed by atoms with Crippen LogP contribution in [0.25, 0.3) is 16.7 Å². The number of pyridine rings is 1. The summed E-state index contributed by atoms with van der Waals surface area (Å²) in [7, 11) is -3.10. The fourth-order valence-electron chi connectivity index (χ4n) is 4.82. The van der Waals surface area contributed by atoms with Crippen LogP contribution in [-0.4, -0.2) is 65.7 Å². The fourth-order valence-corrected chi connectivity index (χ4v) is 6.82. The Kier molecular flexibility index (Phi) is 6.00. The van der Waals surface area contributed by atoms with Gasteiger partial charge in [-0.15, -0.1) is 0 Å². The number of fused-ring (bicyclic) bond motifs is 1. The summed E-state index contributed by atoms with van der Waals surface area (Å²) in [6.45, 7) is 4.28. The van der Waals surface area contributed by atoms with Crippen molar-refractivity contribution in [2.75, 3.05) is 24.7 Å². The average molecular weight is 503 g/mol. The lowest BCUT2D eigenvalue weighted by Crippen LogP contribution is -2.63. The highest BCUT2D eigenvalue weighted by Crippen LogP contribution is 2.33. The van der Waals surface area contributed by atoms with Crippen molar-refractivity contribution in [2.24, 2.45) is 0 Å². The highest BCUT2D eigenvalue weighted by atomic mass is 32.2. The predicted molar refractivity (Wildman–Crippen MR) is 127 cm³/mol. The zero-order chi connectivity index (χ0) is 24.8. The predicted octanol–water partition coefficient (Wildman–Crippen LogP) is 2.93. The largest absolute Gasteiger partial charge is 0.461 e. The van der Waals surface area contributed by atoms with Gasteiger partial charge in [-0.2, -0.15) is 5.10 Å². The van der Waals surface area contributed by atoms with Gasteiger partial charge in [0.05, 0.1) is 34.0 Å². The van der Waals surface area contributed by atoms with Gasteiger partial charge in [-0.25, -0.2) is 22.5 Å². The van der Waals surface area contributed by atoms with Crippen LogP contribution in [0.1, 0.15) is 48.7 Å². The zero-order valence-corrected chi connectivity index (χ0v) is 20.3. The summed E-state index contributed by atoms with van der Waals surface area (Å²) >= 11 is 0. The second-order valence-corrected chi connectivity index (χ2v) is 11.5. The van der Waals surface area contributed by atoms with Crippen LogP contribution in [0, 0.1) is 0 Å². The van der Waals surface area contributed by atoms with Gasteiger partial charge in [0.25, 0.3) is 5.91 Å². The topological polar surface area (TPSA) is 112 Å². The second kappa shape index (κ2) is 8.87. The second-order valence-electron chi connectivity index (χ2n) is 9.48. The average Bonchev–Trinajstić information content (AvgIpc) is 3.17. The van der Waals surface area contributed by atoms with Crippen molar-refractivity contribution in [1.82, 2.24) is 20.1 Å². The van der Waals surface area contributed by atoms with E-state index in [4.69, 9.17) is 14.6 Å². The molecule has 11 heteroatoms. The number of carbonyl (C=O) groups excluding carboxylic acids is 1. The summed E-state index contributed by atoms with van der Waals surface area (Å²) in [6.07, 6.45) is 1.59. The summed E-state index contributed by atoms with van der Waals surface area (Å²) in [6, 6.07) is 8.70. The molecule has 1 aromatic carbocycles. The van der Waals surface area contributed by atoms with Crippen molar-refractivity contribution in [3.05, 3.63) is 47.8 Å². The Morgan fingerprint density at radius 3 is 2.71 bits per heavy atom. The molecule has 35 heavy (non-hydrogen) atoms. The third kappa shape index (κ3) is 4.87. The number of nitrogens with zero attached hydrogens (tertiary/aromatic N) is 3. The molecule has 2 saturated heterocycles. The molecule has 1 amide bonds. The minimum absolute atomic E-state index is 0.0808. The lowest BCUT2D eigenvalue weighted by Gasteiger charge is -2.38. The molecule has 0 aliphatic carbocycles. The van der Waals surface area contributed by atoms with E-state index < -0.39 is 21.7 Å². The number of hydrogen-bond donors (Lipinski definition) is 1. The molecule has 2 aliphatic rings. The van der Waals surface area contributed by atoms with Crippen LogP contribution >= 0.6 is 0 Å². The molecule has 0 spiro atoms.